The molecule has 0 atom stereocenters. The number of amides is 1. The summed E-state index contributed by atoms with van der Waals surface area (Å²) in [5.74, 6) is 1.06. The Balaban J connectivity index is 2.79. The van der Waals surface area contributed by atoms with E-state index in [4.69, 9.17) is 5.26 Å². The average molecular weight is 274 g/mol. The standard InChI is InChI=1S/C15H22N4O/c1-4-17-14-7-6-13(10-18-14)15(20)19(9-5-8-16)11-12(2)3/h6-7,10,12H,4-5,9,11H2,1-3H3,(H,17,18). The number of nitrogens with one attached hydrogen (secondary N) is 1. The van der Waals surface area contributed by atoms with Crippen LogP contribution in [0.15, 0.2) is 18.3 Å². The Labute approximate surface area is 120 Å². The summed E-state index contributed by atoms with van der Waals surface area (Å²) in [5.41, 5.74) is 0.560. The Morgan fingerprint density at radius 2 is 2.25 bits per heavy atom. The Bertz CT molecular complexity index is 462. The van der Waals surface area contributed by atoms with Gasteiger partial charge in [0.25, 0.3) is 5.91 Å². The molecule has 0 bridgehead atoms. The average Bonchev–Trinajstić information content (AvgIpc) is 2.43. The maximum Gasteiger partial charge on any atom is 0.255 e. The second kappa shape index (κ2) is 8.16. The molecular formula is C15H22N4O. The molecule has 1 rings (SSSR count). The van der Waals surface area contributed by atoms with E-state index in [2.05, 4.69) is 30.2 Å². The van der Waals surface area contributed by atoms with Gasteiger partial charge in [-0.3, -0.25) is 4.79 Å². The summed E-state index contributed by atoms with van der Waals surface area (Å²) in [5, 5.41) is 11.8. The van der Waals surface area contributed by atoms with E-state index in [1.54, 1.807) is 23.2 Å². The van der Waals surface area contributed by atoms with E-state index in [1.807, 2.05) is 6.92 Å². The van der Waals surface area contributed by atoms with E-state index in [0.29, 0.717) is 31.0 Å². The van der Waals surface area contributed by atoms with Gasteiger partial charge in [-0.2, -0.15) is 5.26 Å². The zero-order chi connectivity index (χ0) is 15.0. The number of carbonyl (C=O) groups excluding carboxylic acids is 1. The minimum atomic E-state index is -0.0653. The van der Waals surface area contributed by atoms with Crippen LogP contribution < -0.4 is 5.32 Å². The number of nitriles is 1. The number of anilines is 1. The van der Waals surface area contributed by atoms with Crippen molar-refractivity contribution >= 4 is 11.7 Å². The van der Waals surface area contributed by atoms with E-state index < -0.39 is 0 Å². The fraction of sp³-hybridized carbons (Fsp3) is 0.533. The number of hydrogen-bond donors (Lipinski definition) is 1. The second-order valence-corrected chi connectivity index (χ2v) is 5.02. The highest BCUT2D eigenvalue weighted by atomic mass is 16.2. The van der Waals surface area contributed by atoms with Gasteiger partial charge >= 0.3 is 0 Å². The first kappa shape index (κ1) is 16.0. The molecule has 0 fully saturated rings. The summed E-state index contributed by atoms with van der Waals surface area (Å²) >= 11 is 0. The molecule has 5 heteroatoms. The van der Waals surface area contributed by atoms with Gasteiger partial charge in [-0.15, -0.1) is 0 Å². The van der Waals surface area contributed by atoms with Crippen LogP contribution in [0.25, 0.3) is 0 Å². The summed E-state index contributed by atoms with van der Waals surface area (Å²) in [7, 11) is 0. The zero-order valence-corrected chi connectivity index (χ0v) is 12.4. The first-order valence-electron chi connectivity index (χ1n) is 6.94. The number of nitrogens with zero attached hydrogens (tertiary/aromatic N) is 3. The lowest BCUT2D eigenvalue weighted by atomic mass is 10.1. The highest BCUT2D eigenvalue weighted by molar-refractivity contribution is 5.94. The van der Waals surface area contributed by atoms with Crippen molar-refractivity contribution in [3.8, 4) is 6.07 Å². The molecule has 0 unspecified atom stereocenters. The number of rotatable bonds is 7. The molecule has 0 aromatic carbocycles. The molecule has 1 N–H and O–H groups in total. The van der Waals surface area contributed by atoms with E-state index in [0.717, 1.165) is 12.4 Å². The lowest BCUT2D eigenvalue weighted by Crippen LogP contribution is -2.35. The van der Waals surface area contributed by atoms with Crippen LogP contribution in [-0.2, 0) is 0 Å². The highest BCUT2D eigenvalue weighted by Crippen LogP contribution is 2.10. The summed E-state index contributed by atoms with van der Waals surface area (Å²) in [6.45, 7) is 8.01. The van der Waals surface area contributed by atoms with Gasteiger partial charge in [-0.1, -0.05) is 13.8 Å². The van der Waals surface area contributed by atoms with Crippen molar-refractivity contribution in [1.29, 1.82) is 5.26 Å². The SMILES string of the molecule is CCNc1ccc(C(=O)N(CCC#N)CC(C)C)cn1. The number of aromatic nitrogens is 1. The first-order chi connectivity index (χ1) is 9.58. The molecule has 0 aliphatic rings. The zero-order valence-electron chi connectivity index (χ0n) is 12.4. The van der Waals surface area contributed by atoms with Crippen molar-refractivity contribution in [2.45, 2.75) is 27.2 Å². The molecule has 0 radical (unpaired) electrons. The van der Waals surface area contributed by atoms with Crippen molar-refractivity contribution in [3.05, 3.63) is 23.9 Å². The van der Waals surface area contributed by atoms with Crippen LogP contribution in [0.3, 0.4) is 0 Å². The van der Waals surface area contributed by atoms with Crippen LogP contribution in [-0.4, -0.2) is 35.4 Å². The second-order valence-electron chi connectivity index (χ2n) is 5.02. The van der Waals surface area contributed by atoms with Crippen molar-refractivity contribution in [2.24, 2.45) is 5.92 Å². The van der Waals surface area contributed by atoms with Crippen LogP contribution >= 0.6 is 0 Å². The van der Waals surface area contributed by atoms with Crippen molar-refractivity contribution in [2.75, 3.05) is 25.0 Å². The predicted molar refractivity (Wildman–Crippen MR) is 79.4 cm³/mol. The molecule has 0 spiro atoms. The van der Waals surface area contributed by atoms with Gasteiger partial charge in [-0.05, 0) is 25.0 Å². The Kier molecular flexibility index (Phi) is 6.51. The molecule has 0 saturated heterocycles. The molecule has 1 aromatic rings. The summed E-state index contributed by atoms with van der Waals surface area (Å²) in [6.07, 6.45) is 1.93. The lowest BCUT2D eigenvalue weighted by Gasteiger charge is -2.23. The molecule has 1 aromatic heterocycles. The molecule has 20 heavy (non-hydrogen) atoms. The quantitative estimate of drug-likeness (QED) is 0.829. The molecule has 5 nitrogen and oxygen atoms in total. The third kappa shape index (κ3) is 4.88. The molecule has 0 aliphatic carbocycles. The third-order valence-corrected chi connectivity index (χ3v) is 2.73. The predicted octanol–water partition coefficient (Wildman–Crippen LogP) is 2.53. The topological polar surface area (TPSA) is 69.0 Å². The van der Waals surface area contributed by atoms with E-state index in [-0.39, 0.29) is 5.91 Å². The minimum absolute atomic E-state index is 0.0653. The molecular weight excluding hydrogens is 252 g/mol. The number of carbonyl (C=O) groups is 1. The summed E-state index contributed by atoms with van der Waals surface area (Å²) < 4.78 is 0. The van der Waals surface area contributed by atoms with Crippen LogP contribution in [0.4, 0.5) is 5.82 Å². The monoisotopic (exact) mass is 274 g/mol. The third-order valence-electron chi connectivity index (χ3n) is 2.73. The van der Waals surface area contributed by atoms with Gasteiger partial charge < -0.3 is 10.2 Å². The summed E-state index contributed by atoms with van der Waals surface area (Å²) in [6, 6.07) is 5.66. The molecule has 108 valence electrons. The largest absolute Gasteiger partial charge is 0.370 e. The van der Waals surface area contributed by atoms with E-state index >= 15 is 0 Å². The number of pyridine rings is 1. The first-order valence-corrected chi connectivity index (χ1v) is 6.94. The molecule has 0 saturated carbocycles. The Hall–Kier alpha value is -2.09. The highest BCUT2D eigenvalue weighted by Gasteiger charge is 2.16. The van der Waals surface area contributed by atoms with Crippen LogP contribution in [0.1, 0.15) is 37.6 Å². The molecule has 1 heterocycles. The van der Waals surface area contributed by atoms with E-state index in [9.17, 15) is 4.79 Å². The van der Waals surface area contributed by atoms with Gasteiger partial charge in [0.1, 0.15) is 5.82 Å². The van der Waals surface area contributed by atoms with Gasteiger partial charge in [0, 0.05) is 25.8 Å². The van der Waals surface area contributed by atoms with Crippen LogP contribution in [0, 0.1) is 17.2 Å². The van der Waals surface area contributed by atoms with E-state index in [1.165, 1.54) is 0 Å². The Morgan fingerprint density at radius 3 is 2.75 bits per heavy atom. The smallest absolute Gasteiger partial charge is 0.255 e. The normalized spacial score (nSPS) is 10.2. The molecule has 0 aliphatic heterocycles. The van der Waals surface area contributed by atoms with Crippen LogP contribution in [0.2, 0.25) is 0 Å². The van der Waals surface area contributed by atoms with Crippen molar-refractivity contribution < 1.29 is 4.79 Å². The lowest BCUT2D eigenvalue weighted by molar-refractivity contribution is 0.0739. The van der Waals surface area contributed by atoms with Gasteiger partial charge in [-0.25, -0.2) is 4.98 Å². The van der Waals surface area contributed by atoms with Crippen LogP contribution in [0.5, 0.6) is 0 Å². The van der Waals surface area contributed by atoms with Gasteiger partial charge in [0.05, 0.1) is 18.1 Å². The van der Waals surface area contributed by atoms with Crippen molar-refractivity contribution in [3.63, 3.8) is 0 Å². The van der Waals surface area contributed by atoms with Gasteiger partial charge in [0.15, 0.2) is 0 Å². The fourth-order valence-electron chi connectivity index (χ4n) is 1.89. The summed E-state index contributed by atoms with van der Waals surface area (Å²) in [4.78, 5) is 18.3. The minimum Gasteiger partial charge on any atom is -0.370 e. The van der Waals surface area contributed by atoms with Crippen molar-refractivity contribution in [1.82, 2.24) is 9.88 Å². The van der Waals surface area contributed by atoms with Gasteiger partial charge in [0.2, 0.25) is 0 Å². The number of hydrogen-bond acceptors (Lipinski definition) is 4. The molecule has 1 amide bonds. The maximum atomic E-state index is 12.4. The Morgan fingerprint density at radius 1 is 1.50 bits per heavy atom. The fourth-order valence-corrected chi connectivity index (χ4v) is 1.89. The maximum absolute atomic E-state index is 12.4.